The van der Waals surface area contributed by atoms with Crippen LogP contribution in [-0.2, 0) is 32.3 Å². The fourth-order valence-corrected chi connectivity index (χ4v) is 4.50. The van der Waals surface area contributed by atoms with E-state index >= 15 is 0 Å². The van der Waals surface area contributed by atoms with Gasteiger partial charge in [-0.1, -0.05) is 6.92 Å². The van der Waals surface area contributed by atoms with Gasteiger partial charge in [0.2, 0.25) is 5.91 Å². The number of benzene rings is 1. The van der Waals surface area contributed by atoms with Crippen molar-refractivity contribution in [2.24, 2.45) is 5.92 Å². The Balaban J connectivity index is 1.83. The van der Waals surface area contributed by atoms with E-state index in [4.69, 9.17) is 4.74 Å². The van der Waals surface area contributed by atoms with Crippen molar-refractivity contribution in [1.29, 1.82) is 0 Å². The Labute approximate surface area is 202 Å². The monoisotopic (exact) mass is 477 g/mol. The van der Waals surface area contributed by atoms with E-state index in [1.54, 1.807) is 30.3 Å². The molecule has 10 nitrogen and oxygen atoms in total. The maximum absolute atomic E-state index is 13.2. The number of hydrogen-bond acceptors (Lipinski definition) is 8. The summed E-state index contributed by atoms with van der Waals surface area (Å²) in [5.41, 5.74) is 2.76. The predicted molar refractivity (Wildman–Crippen MR) is 126 cm³/mol. The molecule has 10 heteroatoms. The van der Waals surface area contributed by atoms with E-state index in [0.717, 1.165) is 17.4 Å². The summed E-state index contributed by atoms with van der Waals surface area (Å²) < 4.78 is 6.75. The number of carbonyl (C=O) groups is 4. The standard InChI is InChI=1S/C25H27N5O5/c1-14-5-21(12-31)29(10-14)23(34)11-30-25-19(13-35-17(4)33)6-18(20-8-26-16(3)27-9-20)7-22(25)24(28-30)15(2)32/h6-9,12,14,21H,5,10-11,13H2,1-4H3. The van der Waals surface area contributed by atoms with E-state index < -0.39 is 12.0 Å². The number of ketones is 1. The first kappa shape index (κ1) is 24.2. The predicted octanol–water partition coefficient (Wildman–Crippen LogP) is 2.50. The molecule has 2 aromatic heterocycles. The molecule has 0 N–H and O–H groups in total. The molecule has 0 saturated carbocycles. The van der Waals surface area contributed by atoms with Crippen LogP contribution in [0.5, 0.6) is 0 Å². The van der Waals surface area contributed by atoms with Gasteiger partial charge in [0.1, 0.15) is 31.0 Å². The summed E-state index contributed by atoms with van der Waals surface area (Å²) in [5.74, 6) is -0.153. The van der Waals surface area contributed by atoms with E-state index in [-0.39, 0.29) is 36.5 Å². The van der Waals surface area contributed by atoms with Crippen LogP contribution in [0.25, 0.3) is 22.0 Å². The van der Waals surface area contributed by atoms with Gasteiger partial charge in [0.15, 0.2) is 5.78 Å². The van der Waals surface area contributed by atoms with Crippen LogP contribution in [0.15, 0.2) is 24.5 Å². The maximum Gasteiger partial charge on any atom is 0.302 e. The number of aldehydes is 1. The van der Waals surface area contributed by atoms with E-state index in [0.29, 0.717) is 35.3 Å². The second kappa shape index (κ2) is 9.73. The number of aryl methyl sites for hydroxylation is 1. The minimum atomic E-state index is -0.472. The lowest BCUT2D eigenvalue weighted by Gasteiger charge is -2.21. The first-order valence-corrected chi connectivity index (χ1v) is 11.4. The molecule has 2 atom stereocenters. The minimum absolute atomic E-state index is 0.0681. The van der Waals surface area contributed by atoms with E-state index in [2.05, 4.69) is 15.1 Å². The normalized spacial score (nSPS) is 17.5. The van der Waals surface area contributed by atoms with Crippen LogP contribution in [0, 0.1) is 12.8 Å². The molecule has 3 heterocycles. The number of Topliss-reactive ketones (excluding diaryl/α,β-unsaturated/α-hetero) is 1. The molecule has 1 saturated heterocycles. The number of esters is 1. The Kier molecular flexibility index (Phi) is 6.72. The average Bonchev–Trinajstić information content (AvgIpc) is 3.38. The zero-order valence-corrected chi connectivity index (χ0v) is 20.1. The first-order chi connectivity index (χ1) is 16.7. The zero-order chi connectivity index (χ0) is 25.3. The third-order valence-corrected chi connectivity index (χ3v) is 6.12. The topological polar surface area (TPSA) is 124 Å². The molecule has 1 aliphatic rings. The number of hydrogen-bond donors (Lipinski definition) is 0. The summed E-state index contributed by atoms with van der Waals surface area (Å²) in [7, 11) is 0. The lowest BCUT2D eigenvalue weighted by Crippen LogP contribution is -2.39. The average molecular weight is 478 g/mol. The summed E-state index contributed by atoms with van der Waals surface area (Å²) in [4.78, 5) is 58.8. The van der Waals surface area contributed by atoms with Crippen molar-refractivity contribution in [3.05, 3.63) is 41.6 Å². The number of fused-ring (bicyclic) bond motifs is 1. The number of nitrogens with zero attached hydrogens (tertiary/aromatic N) is 5. The molecule has 0 aliphatic carbocycles. The highest BCUT2D eigenvalue weighted by atomic mass is 16.5. The SMILES string of the molecule is CC(=O)OCc1cc(-c2cnc(C)nc2)cc2c(C(C)=O)nn(CC(=O)N3CC(C)CC3C=O)c12. The van der Waals surface area contributed by atoms with Crippen LogP contribution in [0.2, 0.25) is 0 Å². The van der Waals surface area contributed by atoms with Gasteiger partial charge in [-0.15, -0.1) is 0 Å². The van der Waals surface area contributed by atoms with Crippen molar-refractivity contribution in [1.82, 2.24) is 24.6 Å². The lowest BCUT2D eigenvalue weighted by atomic mass is 10.0. The second-order valence-electron chi connectivity index (χ2n) is 8.98. The van der Waals surface area contributed by atoms with Gasteiger partial charge in [-0.05, 0) is 37.0 Å². The van der Waals surface area contributed by atoms with E-state index in [1.807, 2.05) is 13.0 Å². The van der Waals surface area contributed by atoms with Crippen LogP contribution >= 0.6 is 0 Å². The molecule has 1 amide bonds. The first-order valence-electron chi connectivity index (χ1n) is 11.4. The molecule has 4 rings (SSSR count). The highest BCUT2D eigenvalue weighted by Crippen LogP contribution is 2.31. The Hall–Kier alpha value is -3.95. The fourth-order valence-electron chi connectivity index (χ4n) is 4.50. The molecule has 0 radical (unpaired) electrons. The van der Waals surface area contributed by atoms with Gasteiger partial charge in [-0.2, -0.15) is 5.10 Å². The molecule has 35 heavy (non-hydrogen) atoms. The molecule has 182 valence electrons. The Morgan fingerprint density at radius 1 is 1.14 bits per heavy atom. The number of aromatic nitrogens is 4. The van der Waals surface area contributed by atoms with Crippen LogP contribution in [-0.4, -0.2) is 61.2 Å². The fraction of sp³-hybridized carbons (Fsp3) is 0.400. The van der Waals surface area contributed by atoms with Crippen LogP contribution in [0.4, 0.5) is 0 Å². The number of likely N-dealkylation sites (tertiary alicyclic amines) is 1. The number of amides is 1. The summed E-state index contributed by atoms with van der Waals surface area (Å²) in [6.07, 6.45) is 4.77. The zero-order valence-electron chi connectivity index (χ0n) is 20.1. The number of ether oxygens (including phenoxy) is 1. The summed E-state index contributed by atoms with van der Waals surface area (Å²) >= 11 is 0. The van der Waals surface area contributed by atoms with Crippen molar-refractivity contribution >= 4 is 34.8 Å². The molecular formula is C25H27N5O5. The van der Waals surface area contributed by atoms with Gasteiger partial charge >= 0.3 is 5.97 Å². The third-order valence-electron chi connectivity index (χ3n) is 6.12. The highest BCUT2D eigenvalue weighted by molar-refractivity contribution is 6.07. The molecule has 0 bridgehead atoms. The van der Waals surface area contributed by atoms with Crippen LogP contribution < -0.4 is 0 Å². The molecule has 1 aromatic carbocycles. The second-order valence-corrected chi connectivity index (χ2v) is 8.98. The molecule has 1 fully saturated rings. The minimum Gasteiger partial charge on any atom is -0.461 e. The number of rotatable bonds is 7. The lowest BCUT2D eigenvalue weighted by molar-refractivity contribution is -0.142. The van der Waals surface area contributed by atoms with Crippen molar-refractivity contribution < 1.29 is 23.9 Å². The Morgan fingerprint density at radius 3 is 2.49 bits per heavy atom. The van der Waals surface area contributed by atoms with Gasteiger partial charge in [0, 0.05) is 49.3 Å². The largest absolute Gasteiger partial charge is 0.461 e. The maximum atomic E-state index is 13.2. The van der Waals surface area contributed by atoms with Crippen LogP contribution in [0.1, 0.15) is 49.1 Å². The molecule has 3 aromatic rings. The summed E-state index contributed by atoms with van der Waals surface area (Å²) in [6, 6.07) is 3.15. The van der Waals surface area contributed by atoms with Crippen molar-refractivity contribution in [2.45, 2.75) is 53.3 Å². The summed E-state index contributed by atoms with van der Waals surface area (Å²) in [6.45, 7) is 6.76. The smallest absolute Gasteiger partial charge is 0.302 e. The summed E-state index contributed by atoms with van der Waals surface area (Å²) in [5, 5.41) is 5.00. The highest BCUT2D eigenvalue weighted by Gasteiger charge is 2.33. The molecular weight excluding hydrogens is 450 g/mol. The van der Waals surface area contributed by atoms with E-state index in [1.165, 1.54) is 18.5 Å². The number of carbonyl (C=O) groups excluding carboxylic acids is 4. The van der Waals surface area contributed by atoms with Crippen LogP contribution in [0.3, 0.4) is 0 Å². The van der Waals surface area contributed by atoms with Crippen molar-refractivity contribution in [2.75, 3.05) is 6.54 Å². The van der Waals surface area contributed by atoms with Gasteiger partial charge in [-0.3, -0.25) is 19.1 Å². The molecule has 0 spiro atoms. The molecule has 1 aliphatic heterocycles. The van der Waals surface area contributed by atoms with Gasteiger partial charge < -0.3 is 14.4 Å². The Bertz CT molecular complexity index is 1310. The van der Waals surface area contributed by atoms with Gasteiger partial charge in [0.05, 0.1) is 11.6 Å². The van der Waals surface area contributed by atoms with Gasteiger partial charge in [-0.25, -0.2) is 9.97 Å². The van der Waals surface area contributed by atoms with Gasteiger partial charge in [0.25, 0.3) is 0 Å². The third kappa shape index (κ3) is 4.96. The van der Waals surface area contributed by atoms with Crippen molar-refractivity contribution in [3.63, 3.8) is 0 Å². The van der Waals surface area contributed by atoms with E-state index in [9.17, 15) is 19.2 Å². The molecule has 2 unspecified atom stereocenters. The quantitative estimate of drug-likeness (QED) is 0.289. The van der Waals surface area contributed by atoms with Crippen molar-refractivity contribution in [3.8, 4) is 11.1 Å². The Morgan fingerprint density at radius 2 is 1.86 bits per heavy atom.